The topological polar surface area (TPSA) is 66.8 Å². The van der Waals surface area contributed by atoms with Crippen molar-refractivity contribution in [1.29, 1.82) is 0 Å². The van der Waals surface area contributed by atoms with Crippen LogP contribution in [0, 0.1) is 5.92 Å². The minimum atomic E-state index is -0.760. The van der Waals surface area contributed by atoms with Gasteiger partial charge in [-0.25, -0.2) is 4.79 Å². The number of carboxylic acids is 1. The predicted molar refractivity (Wildman–Crippen MR) is 84.7 cm³/mol. The molecule has 6 heteroatoms. The Morgan fingerprint density at radius 1 is 1.33 bits per heavy atom. The molecule has 122 valence electrons. The Morgan fingerprint density at radius 2 is 1.90 bits per heavy atom. The van der Waals surface area contributed by atoms with Gasteiger partial charge >= 0.3 is 12.1 Å². The number of ether oxygens (including phenoxy) is 1. The van der Waals surface area contributed by atoms with E-state index in [9.17, 15) is 9.59 Å². The van der Waals surface area contributed by atoms with Crippen LogP contribution in [0.2, 0.25) is 0 Å². The third-order valence-electron chi connectivity index (χ3n) is 3.54. The first-order valence-electron chi connectivity index (χ1n) is 7.54. The van der Waals surface area contributed by atoms with Crippen molar-refractivity contribution < 1.29 is 19.4 Å². The largest absolute Gasteiger partial charge is 0.481 e. The van der Waals surface area contributed by atoms with Gasteiger partial charge in [-0.15, -0.1) is 11.8 Å². The number of carbonyl (C=O) groups is 2. The summed E-state index contributed by atoms with van der Waals surface area (Å²) in [5.41, 5.74) is -0.461. The highest BCUT2D eigenvalue weighted by atomic mass is 32.2. The Bertz CT molecular complexity index is 359. The fourth-order valence-corrected chi connectivity index (χ4v) is 3.68. The second-order valence-corrected chi connectivity index (χ2v) is 7.68. The van der Waals surface area contributed by atoms with Crippen molar-refractivity contribution in [2.75, 3.05) is 18.8 Å². The zero-order valence-electron chi connectivity index (χ0n) is 13.4. The number of aliphatic carboxylic acids is 1. The van der Waals surface area contributed by atoms with Gasteiger partial charge in [0.1, 0.15) is 5.60 Å². The molecule has 1 saturated heterocycles. The first-order valence-corrected chi connectivity index (χ1v) is 8.59. The molecule has 1 aliphatic heterocycles. The summed E-state index contributed by atoms with van der Waals surface area (Å²) in [5.74, 6) is -0.118. The number of hydrogen-bond acceptors (Lipinski definition) is 4. The van der Waals surface area contributed by atoms with Gasteiger partial charge in [-0.1, -0.05) is 6.92 Å². The number of nitrogens with zero attached hydrogens (tertiary/aromatic N) is 1. The van der Waals surface area contributed by atoms with Crippen LogP contribution in [-0.2, 0) is 9.53 Å². The molecule has 0 radical (unpaired) electrons. The molecule has 1 amide bonds. The van der Waals surface area contributed by atoms with E-state index in [1.54, 1.807) is 4.90 Å². The van der Waals surface area contributed by atoms with E-state index in [1.807, 2.05) is 20.8 Å². The maximum atomic E-state index is 12.0. The Hall–Kier alpha value is -0.910. The standard InChI is InChI=1S/C15H27NO4S/c1-5-12(21-10-13(17)18)11-6-8-16(9-7-11)14(19)20-15(2,3)4/h11-12H,5-10H2,1-4H3,(H,17,18). The molecular formula is C15H27NO4S. The third kappa shape index (κ3) is 6.59. The molecule has 0 aromatic carbocycles. The predicted octanol–water partition coefficient (Wildman–Crippen LogP) is 3.23. The van der Waals surface area contributed by atoms with E-state index in [2.05, 4.69) is 6.92 Å². The molecule has 1 aliphatic rings. The van der Waals surface area contributed by atoms with Crippen molar-refractivity contribution in [2.24, 2.45) is 5.92 Å². The van der Waals surface area contributed by atoms with E-state index in [0.29, 0.717) is 24.3 Å². The molecule has 0 aromatic heterocycles. The van der Waals surface area contributed by atoms with Crippen LogP contribution in [0.15, 0.2) is 0 Å². The molecule has 1 heterocycles. The highest BCUT2D eigenvalue weighted by Gasteiger charge is 2.30. The number of thioether (sulfide) groups is 1. The summed E-state index contributed by atoms with van der Waals surface area (Å²) in [6.45, 7) is 9.10. The number of carbonyl (C=O) groups excluding carboxylic acids is 1. The van der Waals surface area contributed by atoms with Crippen LogP contribution in [0.4, 0.5) is 4.79 Å². The third-order valence-corrected chi connectivity index (χ3v) is 5.10. The lowest BCUT2D eigenvalue weighted by Crippen LogP contribution is -2.43. The molecule has 0 bridgehead atoms. The van der Waals surface area contributed by atoms with Gasteiger partial charge in [-0.3, -0.25) is 4.79 Å². The zero-order chi connectivity index (χ0) is 16.0. The number of rotatable bonds is 5. The molecule has 1 N–H and O–H groups in total. The second kappa shape index (κ2) is 7.92. The Kier molecular flexibility index (Phi) is 6.84. The van der Waals surface area contributed by atoms with Crippen LogP contribution in [0.25, 0.3) is 0 Å². The highest BCUT2D eigenvalue weighted by Crippen LogP contribution is 2.31. The summed E-state index contributed by atoms with van der Waals surface area (Å²) >= 11 is 1.52. The fraction of sp³-hybridized carbons (Fsp3) is 0.867. The first kappa shape index (κ1) is 18.1. The molecule has 0 spiro atoms. The quantitative estimate of drug-likeness (QED) is 0.843. The summed E-state index contributed by atoms with van der Waals surface area (Å²) in [7, 11) is 0. The van der Waals surface area contributed by atoms with Crippen molar-refractivity contribution in [1.82, 2.24) is 4.90 Å². The zero-order valence-corrected chi connectivity index (χ0v) is 14.2. The van der Waals surface area contributed by atoms with E-state index in [0.717, 1.165) is 19.3 Å². The Balaban J connectivity index is 2.43. The molecule has 0 saturated carbocycles. The number of carboxylic acid groups (broad SMARTS) is 1. The van der Waals surface area contributed by atoms with Crippen LogP contribution >= 0.6 is 11.8 Å². The van der Waals surface area contributed by atoms with Gasteiger partial charge in [0.15, 0.2) is 0 Å². The average Bonchev–Trinajstić information content (AvgIpc) is 2.37. The average molecular weight is 317 g/mol. The molecule has 1 unspecified atom stereocenters. The number of likely N-dealkylation sites (tertiary alicyclic amines) is 1. The Labute approximate surface area is 131 Å². The summed E-state index contributed by atoms with van der Waals surface area (Å²) in [5, 5.41) is 9.15. The highest BCUT2D eigenvalue weighted by molar-refractivity contribution is 8.00. The lowest BCUT2D eigenvalue weighted by atomic mass is 9.92. The van der Waals surface area contributed by atoms with Crippen LogP contribution in [0.1, 0.15) is 47.0 Å². The number of hydrogen-bond donors (Lipinski definition) is 1. The van der Waals surface area contributed by atoms with E-state index >= 15 is 0 Å². The van der Waals surface area contributed by atoms with E-state index < -0.39 is 11.6 Å². The van der Waals surface area contributed by atoms with Crippen molar-refractivity contribution >= 4 is 23.8 Å². The molecular weight excluding hydrogens is 290 g/mol. The lowest BCUT2D eigenvalue weighted by Gasteiger charge is -2.36. The second-order valence-electron chi connectivity index (χ2n) is 6.46. The number of amides is 1. The molecule has 0 aliphatic carbocycles. The summed E-state index contributed by atoms with van der Waals surface area (Å²) < 4.78 is 5.38. The van der Waals surface area contributed by atoms with Gasteiger partial charge < -0.3 is 14.7 Å². The fourth-order valence-electron chi connectivity index (χ4n) is 2.55. The van der Waals surface area contributed by atoms with Crippen LogP contribution in [0.3, 0.4) is 0 Å². The summed E-state index contributed by atoms with van der Waals surface area (Å²) in [6, 6.07) is 0. The molecule has 1 rings (SSSR count). The number of piperidine rings is 1. The first-order chi connectivity index (χ1) is 9.73. The summed E-state index contributed by atoms with van der Waals surface area (Å²) in [6.07, 6.45) is 2.57. The van der Waals surface area contributed by atoms with Gasteiger partial charge in [-0.05, 0) is 46.0 Å². The van der Waals surface area contributed by atoms with Crippen LogP contribution in [0.5, 0.6) is 0 Å². The van der Waals surface area contributed by atoms with Gasteiger partial charge in [0, 0.05) is 18.3 Å². The van der Waals surface area contributed by atoms with E-state index in [4.69, 9.17) is 9.84 Å². The molecule has 1 fully saturated rings. The van der Waals surface area contributed by atoms with Gasteiger partial charge in [-0.2, -0.15) is 0 Å². The SMILES string of the molecule is CCC(SCC(=O)O)C1CCN(C(=O)OC(C)(C)C)CC1. The van der Waals surface area contributed by atoms with E-state index in [1.165, 1.54) is 11.8 Å². The van der Waals surface area contributed by atoms with Crippen molar-refractivity contribution in [2.45, 2.75) is 57.8 Å². The lowest BCUT2D eigenvalue weighted by molar-refractivity contribution is -0.133. The molecule has 21 heavy (non-hydrogen) atoms. The maximum absolute atomic E-state index is 12.0. The minimum absolute atomic E-state index is 0.158. The van der Waals surface area contributed by atoms with Crippen LogP contribution in [-0.4, -0.2) is 51.8 Å². The van der Waals surface area contributed by atoms with Crippen molar-refractivity contribution in [3.8, 4) is 0 Å². The van der Waals surface area contributed by atoms with Gasteiger partial charge in [0.2, 0.25) is 0 Å². The monoisotopic (exact) mass is 317 g/mol. The van der Waals surface area contributed by atoms with E-state index in [-0.39, 0.29) is 11.8 Å². The molecule has 5 nitrogen and oxygen atoms in total. The van der Waals surface area contributed by atoms with Crippen molar-refractivity contribution in [3.05, 3.63) is 0 Å². The van der Waals surface area contributed by atoms with Gasteiger partial charge in [0.05, 0.1) is 5.75 Å². The van der Waals surface area contributed by atoms with Crippen LogP contribution < -0.4 is 0 Å². The smallest absolute Gasteiger partial charge is 0.410 e. The summed E-state index contributed by atoms with van der Waals surface area (Å²) in [4.78, 5) is 24.4. The van der Waals surface area contributed by atoms with Crippen molar-refractivity contribution in [3.63, 3.8) is 0 Å². The molecule has 0 aromatic rings. The van der Waals surface area contributed by atoms with Gasteiger partial charge in [0.25, 0.3) is 0 Å². The maximum Gasteiger partial charge on any atom is 0.410 e. The normalized spacial score (nSPS) is 18.4. The minimum Gasteiger partial charge on any atom is -0.481 e. The Morgan fingerprint density at radius 3 is 2.33 bits per heavy atom. The molecule has 1 atom stereocenters.